The van der Waals surface area contributed by atoms with Gasteiger partial charge in [-0.15, -0.1) is 0 Å². The average molecular weight is 573 g/mol. The van der Waals surface area contributed by atoms with Gasteiger partial charge >= 0.3 is 11.9 Å². The Hall–Kier alpha value is -4.65. The van der Waals surface area contributed by atoms with Crippen molar-refractivity contribution >= 4 is 35.3 Å². The van der Waals surface area contributed by atoms with Crippen molar-refractivity contribution in [1.29, 1.82) is 0 Å². The molecule has 2 aromatic rings. The topological polar surface area (TPSA) is 175 Å². The molecule has 0 aliphatic carbocycles. The van der Waals surface area contributed by atoms with Crippen molar-refractivity contribution in [2.75, 3.05) is 58.8 Å². The third-order valence-electron chi connectivity index (χ3n) is 6.10. The first-order chi connectivity index (χ1) is 19.6. The van der Waals surface area contributed by atoms with Crippen LogP contribution in [0, 0.1) is 0 Å². The number of carboxylic acids is 2. The highest BCUT2D eigenvalue weighted by molar-refractivity contribution is 6.27. The predicted octanol–water partition coefficient (Wildman–Crippen LogP) is 1.79. The van der Waals surface area contributed by atoms with Gasteiger partial charge in [0.05, 0.1) is 32.0 Å². The number of hydrogen-bond acceptors (Lipinski definition) is 8. The lowest BCUT2D eigenvalue weighted by Gasteiger charge is -2.34. The van der Waals surface area contributed by atoms with Crippen molar-refractivity contribution in [3.05, 3.63) is 53.6 Å². The Balaban J connectivity index is 0.000000883. The number of methoxy groups -OCH3 is 2. The molecule has 1 heterocycles. The first-order valence-electron chi connectivity index (χ1n) is 13.0. The lowest BCUT2D eigenvalue weighted by Crippen LogP contribution is -2.50. The number of carbonyl (C=O) groups excluding carboxylic acids is 3. The molecule has 13 heteroatoms. The number of rotatable bonds is 10. The van der Waals surface area contributed by atoms with Gasteiger partial charge in [-0.3, -0.25) is 19.3 Å². The van der Waals surface area contributed by atoms with E-state index < -0.39 is 11.9 Å². The van der Waals surface area contributed by atoms with E-state index in [0.717, 1.165) is 12.8 Å². The van der Waals surface area contributed by atoms with Gasteiger partial charge in [0.2, 0.25) is 5.91 Å². The molecule has 0 bridgehead atoms. The maximum absolute atomic E-state index is 12.9. The number of unbranched alkanes of at least 4 members (excludes halogenated alkanes) is 1. The molecule has 222 valence electrons. The molecule has 3 rings (SSSR count). The van der Waals surface area contributed by atoms with Crippen LogP contribution >= 0.6 is 0 Å². The molecule has 1 fully saturated rings. The van der Waals surface area contributed by atoms with Gasteiger partial charge in [-0.1, -0.05) is 25.5 Å². The van der Waals surface area contributed by atoms with Gasteiger partial charge in [0, 0.05) is 38.3 Å². The zero-order valence-corrected chi connectivity index (χ0v) is 23.3. The van der Waals surface area contributed by atoms with Crippen molar-refractivity contribution in [1.82, 2.24) is 15.1 Å². The molecule has 3 amide bonds. The fourth-order valence-corrected chi connectivity index (χ4v) is 3.92. The van der Waals surface area contributed by atoms with E-state index in [0.29, 0.717) is 61.0 Å². The molecule has 0 unspecified atom stereocenters. The van der Waals surface area contributed by atoms with Crippen LogP contribution in [-0.2, 0) is 14.4 Å². The van der Waals surface area contributed by atoms with Crippen LogP contribution in [0.15, 0.2) is 42.5 Å². The minimum Gasteiger partial charge on any atom is -0.493 e. The van der Waals surface area contributed by atoms with E-state index in [1.807, 2.05) is 4.90 Å². The van der Waals surface area contributed by atoms with Gasteiger partial charge in [0.1, 0.15) is 0 Å². The van der Waals surface area contributed by atoms with E-state index in [1.165, 1.54) is 7.11 Å². The summed E-state index contributed by atoms with van der Waals surface area (Å²) in [6.07, 6.45) is 1.90. The van der Waals surface area contributed by atoms with Crippen molar-refractivity contribution in [3.63, 3.8) is 0 Å². The molecule has 0 saturated carbocycles. The van der Waals surface area contributed by atoms with Crippen LogP contribution in [0.25, 0.3) is 0 Å². The van der Waals surface area contributed by atoms with E-state index in [2.05, 4.69) is 17.6 Å². The molecule has 0 radical (unpaired) electrons. The maximum Gasteiger partial charge on any atom is 0.414 e. The molecule has 0 aromatic heterocycles. The summed E-state index contributed by atoms with van der Waals surface area (Å²) in [7, 11) is 3.09. The summed E-state index contributed by atoms with van der Waals surface area (Å²) in [4.78, 5) is 60.1. The number of para-hydroxylation sites is 1. The SMILES string of the molecule is CCCCNC(=O)c1ccccc1NC(=O)CN1CCN(C(=O)c2ccc(OC)c(OC)c2)CC1.O=C(O)C(=O)O. The fourth-order valence-electron chi connectivity index (χ4n) is 3.92. The van der Waals surface area contributed by atoms with Crippen LogP contribution in [0.5, 0.6) is 11.5 Å². The summed E-state index contributed by atoms with van der Waals surface area (Å²) in [5.74, 6) is -3.05. The first kappa shape index (κ1) is 32.6. The van der Waals surface area contributed by atoms with Crippen molar-refractivity contribution in [2.24, 2.45) is 0 Å². The Morgan fingerprint density at radius 3 is 2.10 bits per heavy atom. The number of ether oxygens (including phenoxy) is 2. The van der Waals surface area contributed by atoms with Crippen LogP contribution in [0.4, 0.5) is 5.69 Å². The smallest absolute Gasteiger partial charge is 0.414 e. The summed E-state index contributed by atoms with van der Waals surface area (Å²) >= 11 is 0. The molecule has 4 N–H and O–H groups in total. The predicted molar refractivity (Wildman–Crippen MR) is 149 cm³/mol. The zero-order valence-electron chi connectivity index (χ0n) is 23.3. The summed E-state index contributed by atoms with van der Waals surface area (Å²) < 4.78 is 10.5. The summed E-state index contributed by atoms with van der Waals surface area (Å²) in [5.41, 5.74) is 1.47. The number of carbonyl (C=O) groups is 5. The quantitative estimate of drug-likeness (QED) is 0.243. The van der Waals surface area contributed by atoms with Crippen molar-refractivity contribution in [3.8, 4) is 11.5 Å². The van der Waals surface area contributed by atoms with Crippen molar-refractivity contribution in [2.45, 2.75) is 19.8 Å². The molecule has 1 aliphatic heterocycles. The van der Waals surface area contributed by atoms with Crippen LogP contribution in [-0.4, -0.2) is 103 Å². The molecular formula is C28H36N4O9. The maximum atomic E-state index is 12.9. The summed E-state index contributed by atoms with van der Waals surface area (Å²) in [5, 5.41) is 20.5. The lowest BCUT2D eigenvalue weighted by atomic mass is 10.1. The number of benzene rings is 2. The van der Waals surface area contributed by atoms with E-state index in [-0.39, 0.29) is 24.3 Å². The Bertz CT molecular complexity index is 1210. The summed E-state index contributed by atoms with van der Waals surface area (Å²) in [6, 6.07) is 12.1. The number of anilines is 1. The van der Waals surface area contributed by atoms with Gasteiger partial charge in [-0.2, -0.15) is 0 Å². The monoisotopic (exact) mass is 572 g/mol. The van der Waals surface area contributed by atoms with Crippen LogP contribution < -0.4 is 20.1 Å². The highest BCUT2D eigenvalue weighted by atomic mass is 16.5. The number of nitrogens with one attached hydrogen (secondary N) is 2. The third kappa shape index (κ3) is 10.1. The Kier molecular flexibility index (Phi) is 13.1. The minimum atomic E-state index is -1.82. The van der Waals surface area contributed by atoms with E-state index >= 15 is 0 Å². The van der Waals surface area contributed by atoms with E-state index in [9.17, 15) is 14.4 Å². The van der Waals surface area contributed by atoms with Gasteiger partial charge in [0.25, 0.3) is 11.8 Å². The fraction of sp³-hybridized carbons (Fsp3) is 0.393. The van der Waals surface area contributed by atoms with Gasteiger partial charge in [0.15, 0.2) is 11.5 Å². The third-order valence-corrected chi connectivity index (χ3v) is 6.10. The summed E-state index contributed by atoms with van der Waals surface area (Å²) in [6.45, 7) is 5.02. The number of aliphatic carboxylic acids is 2. The molecular weight excluding hydrogens is 536 g/mol. The van der Waals surface area contributed by atoms with Gasteiger partial charge < -0.3 is 35.2 Å². The normalized spacial score (nSPS) is 12.8. The molecule has 13 nitrogen and oxygen atoms in total. The van der Waals surface area contributed by atoms with Crippen molar-refractivity contribution < 1.29 is 43.7 Å². The standard InChI is InChI=1S/C26H34N4O5.C2H2O4/c1-4-5-12-27-25(32)20-8-6-7-9-21(20)28-24(31)18-29-13-15-30(16-14-29)26(33)19-10-11-22(34-2)23(17-19)35-3;3-1(4)2(5)6/h6-11,17H,4-5,12-16,18H2,1-3H3,(H,27,32)(H,28,31);(H,3,4)(H,5,6). The number of hydrogen-bond donors (Lipinski definition) is 4. The second-order valence-electron chi connectivity index (χ2n) is 8.95. The molecule has 2 aromatic carbocycles. The number of piperazine rings is 1. The second-order valence-corrected chi connectivity index (χ2v) is 8.95. The first-order valence-corrected chi connectivity index (χ1v) is 13.0. The Morgan fingerprint density at radius 1 is 0.878 bits per heavy atom. The molecule has 1 aliphatic rings. The lowest BCUT2D eigenvalue weighted by molar-refractivity contribution is -0.159. The highest BCUT2D eigenvalue weighted by Gasteiger charge is 2.24. The number of amides is 3. The van der Waals surface area contributed by atoms with E-state index in [1.54, 1.807) is 54.5 Å². The average Bonchev–Trinajstić information content (AvgIpc) is 2.97. The van der Waals surface area contributed by atoms with Crippen LogP contribution in [0.1, 0.15) is 40.5 Å². The Labute approximate surface area is 238 Å². The largest absolute Gasteiger partial charge is 0.493 e. The number of nitrogens with zero attached hydrogens (tertiary/aromatic N) is 2. The zero-order chi connectivity index (χ0) is 30.4. The minimum absolute atomic E-state index is 0.0851. The van der Waals surface area contributed by atoms with Crippen LogP contribution in [0.3, 0.4) is 0 Å². The second kappa shape index (κ2) is 16.5. The molecule has 0 spiro atoms. The molecule has 1 saturated heterocycles. The highest BCUT2D eigenvalue weighted by Crippen LogP contribution is 2.28. The van der Waals surface area contributed by atoms with E-state index in [4.69, 9.17) is 29.3 Å². The van der Waals surface area contributed by atoms with Crippen LogP contribution in [0.2, 0.25) is 0 Å². The van der Waals surface area contributed by atoms with Gasteiger partial charge in [-0.05, 0) is 36.8 Å². The molecule has 41 heavy (non-hydrogen) atoms. The van der Waals surface area contributed by atoms with Gasteiger partial charge in [-0.25, -0.2) is 9.59 Å². The Morgan fingerprint density at radius 2 is 1.51 bits per heavy atom. The molecule has 0 atom stereocenters. The number of carboxylic acid groups (broad SMARTS) is 2.